The van der Waals surface area contributed by atoms with E-state index in [2.05, 4.69) is 17.2 Å². The monoisotopic (exact) mass is 217 g/mol. The van der Waals surface area contributed by atoms with E-state index in [9.17, 15) is 9.59 Å². The SMILES string of the molecule is NC(=O)C1CCC2CN1C(=O)N2OS. The minimum atomic E-state index is -0.493. The van der Waals surface area contributed by atoms with Gasteiger partial charge in [-0.05, 0) is 12.8 Å². The molecule has 2 heterocycles. The molecular formula is C7H11N3O3S. The van der Waals surface area contributed by atoms with Crippen LogP contribution >= 0.6 is 12.9 Å². The van der Waals surface area contributed by atoms with Crippen molar-refractivity contribution >= 4 is 24.8 Å². The topological polar surface area (TPSA) is 75.9 Å². The van der Waals surface area contributed by atoms with E-state index in [1.54, 1.807) is 0 Å². The number of hydrogen-bond donors (Lipinski definition) is 2. The number of hydrogen-bond acceptors (Lipinski definition) is 4. The summed E-state index contributed by atoms with van der Waals surface area (Å²) in [6, 6.07) is -0.825. The summed E-state index contributed by atoms with van der Waals surface area (Å²) >= 11 is 3.60. The lowest BCUT2D eigenvalue weighted by Crippen LogP contribution is -2.47. The molecule has 2 aliphatic heterocycles. The zero-order valence-corrected chi connectivity index (χ0v) is 8.31. The highest BCUT2D eigenvalue weighted by atomic mass is 32.1. The van der Waals surface area contributed by atoms with Gasteiger partial charge < -0.3 is 10.6 Å². The first-order valence-electron chi connectivity index (χ1n) is 4.36. The number of amides is 3. The summed E-state index contributed by atoms with van der Waals surface area (Å²) < 4.78 is 4.65. The van der Waals surface area contributed by atoms with E-state index in [1.807, 2.05) is 0 Å². The highest BCUT2D eigenvalue weighted by Crippen LogP contribution is 2.29. The first-order chi connectivity index (χ1) is 6.65. The van der Waals surface area contributed by atoms with Gasteiger partial charge in [-0.25, -0.2) is 9.08 Å². The van der Waals surface area contributed by atoms with Crippen LogP contribution in [0.2, 0.25) is 0 Å². The standard InChI is InChI=1S/C7H11N3O3S/c8-6(11)5-2-1-4-3-9(5)7(12)10(4)13-14/h4-5,14H,1-3H2,(H2,8,11). The van der Waals surface area contributed by atoms with E-state index in [0.717, 1.165) is 6.42 Å². The molecule has 0 spiro atoms. The fourth-order valence-electron chi connectivity index (χ4n) is 2.03. The van der Waals surface area contributed by atoms with Gasteiger partial charge in [0.25, 0.3) is 0 Å². The van der Waals surface area contributed by atoms with Crippen molar-refractivity contribution in [2.45, 2.75) is 24.9 Å². The van der Waals surface area contributed by atoms with E-state index < -0.39 is 11.9 Å². The average Bonchev–Trinajstić information content (AvgIpc) is 2.39. The van der Waals surface area contributed by atoms with Gasteiger partial charge in [-0.2, -0.15) is 5.06 Å². The molecule has 78 valence electrons. The highest BCUT2D eigenvalue weighted by Gasteiger charge is 2.47. The summed E-state index contributed by atoms with van der Waals surface area (Å²) in [4.78, 5) is 24.1. The molecule has 2 unspecified atom stereocenters. The van der Waals surface area contributed by atoms with Gasteiger partial charge in [0.1, 0.15) is 6.04 Å². The number of rotatable bonds is 2. The molecule has 0 saturated carbocycles. The molecule has 3 amide bonds. The van der Waals surface area contributed by atoms with Gasteiger partial charge in [-0.15, -0.1) is 0 Å². The third kappa shape index (κ3) is 1.24. The minimum absolute atomic E-state index is 0.00407. The molecule has 2 saturated heterocycles. The number of nitrogens with two attached hydrogens (primary N) is 1. The van der Waals surface area contributed by atoms with Crippen LogP contribution < -0.4 is 5.73 Å². The Morgan fingerprint density at radius 3 is 2.86 bits per heavy atom. The Balaban J connectivity index is 2.20. The number of carbonyl (C=O) groups excluding carboxylic acids is 2. The zero-order valence-electron chi connectivity index (χ0n) is 7.42. The summed E-state index contributed by atoms with van der Waals surface area (Å²) in [5.74, 6) is -0.460. The maximum absolute atomic E-state index is 11.6. The van der Waals surface area contributed by atoms with Gasteiger partial charge in [0.15, 0.2) is 0 Å². The molecule has 0 aliphatic carbocycles. The Kier molecular flexibility index (Phi) is 2.28. The van der Waals surface area contributed by atoms with Gasteiger partial charge in [-0.1, -0.05) is 0 Å². The number of thiol groups is 1. The van der Waals surface area contributed by atoms with Crippen molar-refractivity contribution in [3.63, 3.8) is 0 Å². The van der Waals surface area contributed by atoms with Gasteiger partial charge in [0.05, 0.1) is 6.04 Å². The summed E-state index contributed by atoms with van der Waals surface area (Å²) in [7, 11) is 0. The van der Waals surface area contributed by atoms with Crippen molar-refractivity contribution in [2.75, 3.05) is 6.54 Å². The van der Waals surface area contributed by atoms with Crippen molar-refractivity contribution in [2.24, 2.45) is 5.73 Å². The second kappa shape index (κ2) is 3.32. The zero-order chi connectivity index (χ0) is 10.3. The average molecular weight is 217 g/mol. The lowest BCUT2D eigenvalue weighted by molar-refractivity contribution is -0.122. The van der Waals surface area contributed by atoms with Crippen LogP contribution in [0.5, 0.6) is 0 Å². The van der Waals surface area contributed by atoms with Gasteiger partial charge >= 0.3 is 6.03 Å². The quantitative estimate of drug-likeness (QED) is 0.484. The smallest absolute Gasteiger partial charge is 0.345 e. The maximum atomic E-state index is 11.6. The van der Waals surface area contributed by atoms with E-state index in [-0.39, 0.29) is 12.1 Å². The second-order valence-electron chi connectivity index (χ2n) is 3.49. The molecular weight excluding hydrogens is 206 g/mol. The molecule has 0 aromatic carbocycles. The fourth-order valence-corrected chi connectivity index (χ4v) is 2.24. The number of carbonyl (C=O) groups is 2. The van der Waals surface area contributed by atoms with Crippen LogP contribution in [0.3, 0.4) is 0 Å². The molecule has 6 nitrogen and oxygen atoms in total. The number of urea groups is 1. The molecule has 0 aromatic heterocycles. The first-order valence-corrected chi connectivity index (χ1v) is 4.72. The Morgan fingerprint density at radius 2 is 2.29 bits per heavy atom. The van der Waals surface area contributed by atoms with Crippen molar-refractivity contribution < 1.29 is 13.9 Å². The number of piperidine rings is 1. The van der Waals surface area contributed by atoms with Crippen LogP contribution in [-0.2, 0) is 9.08 Å². The summed E-state index contributed by atoms with van der Waals surface area (Å²) in [5.41, 5.74) is 5.19. The highest BCUT2D eigenvalue weighted by molar-refractivity contribution is 7.75. The van der Waals surface area contributed by atoms with Gasteiger partial charge in [0, 0.05) is 19.5 Å². The molecule has 7 heteroatoms. The Hall–Kier alpha value is -0.950. The molecule has 2 atom stereocenters. The summed E-state index contributed by atoms with van der Waals surface area (Å²) in [5, 5.41) is 1.19. The molecule has 2 rings (SSSR count). The molecule has 0 radical (unpaired) electrons. The van der Waals surface area contributed by atoms with Gasteiger partial charge in [-0.3, -0.25) is 4.79 Å². The molecule has 14 heavy (non-hydrogen) atoms. The summed E-state index contributed by atoms with van der Waals surface area (Å²) in [6.07, 6.45) is 1.32. The number of primary amides is 1. The molecule has 2 aliphatic rings. The lowest BCUT2D eigenvalue weighted by atomic mass is 10.0. The van der Waals surface area contributed by atoms with Crippen LogP contribution in [0.15, 0.2) is 0 Å². The summed E-state index contributed by atoms with van der Waals surface area (Å²) in [6.45, 7) is 0.493. The Bertz CT molecular complexity index is 285. The van der Waals surface area contributed by atoms with Crippen LogP contribution in [0.1, 0.15) is 12.8 Å². The third-order valence-electron chi connectivity index (χ3n) is 2.74. The van der Waals surface area contributed by atoms with E-state index in [0.29, 0.717) is 13.0 Å². The number of fused-ring (bicyclic) bond motifs is 2. The van der Waals surface area contributed by atoms with E-state index in [1.165, 1.54) is 9.96 Å². The predicted octanol–water partition coefficient (Wildman–Crippen LogP) is -0.483. The molecule has 2 bridgehead atoms. The molecule has 2 N–H and O–H groups in total. The predicted molar refractivity (Wildman–Crippen MR) is 50.0 cm³/mol. The second-order valence-corrected chi connectivity index (χ2v) is 3.66. The van der Waals surface area contributed by atoms with Crippen LogP contribution in [0.25, 0.3) is 0 Å². The van der Waals surface area contributed by atoms with Gasteiger partial charge in [0.2, 0.25) is 5.91 Å². The normalized spacial score (nSPS) is 31.1. The lowest BCUT2D eigenvalue weighted by Gasteiger charge is -2.27. The third-order valence-corrected chi connectivity index (χ3v) is 2.92. The van der Waals surface area contributed by atoms with Crippen molar-refractivity contribution in [3.05, 3.63) is 0 Å². The minimum Gasteiger partial charge on any atom is -0.368 e. The molecule has 2 fully saturated rings. The van der Waals surface area contributed by atoms with E-state index >= 15 is 0 Å². The number of nitrogens with zero attached hydrogens (tertiary/aromatic N) is 2. The van der Waals surface area contributed by atoms with Crippen molar-refractivity contribution in [1.29, 1.82) is 0 Å². The largest absolute Gasteiger partial charge is 0.368 e. The number of hydroxylamine groups is 2. The molecule has 0 aromatic rings. The maximum Gasteiger partial charge on any atom is 0.345 e. The Labute approximate surface area is 86.5 Å². The fraction of sp³-hybridized carbons (Fsp3) is 0.714. The van der Waals surface area contributed by atoms with Crippen molar-refractivity contribution in [3.8, 4) is 0 Å². The van der Waals surface area contributed by atoms with Crippen LogP contribution in [0.4, 0.5) is 4.79 Å². The van der Waals surface area contributed by atoms with E-state index in [4.69, 9.17) is 5.73 Å². The van der Waals surface area contributed by atoms with Crippen LogP contribution in [-0.4, -0.2) is 40.5 Å². The first kappa shape index (κ1) is 9.60. The van der Waals surface area contributed by atoms with Crippen LogP contribution in [0, 0.1) is 0 Å². The van der Waals surface area contributed by atoms with Crippen molar-refractivity contribution in [1.82, 2.24) is 9.96 Å². The Morgan fingerprint density at radius 1 is 1.57 bits per heavy atom.